The van der Waals surface area contributed by atoms with Gasteiger partial charge in [0.25, 0.3) is 0 Å². The number of nitrogens with one attached hydrogen (secondary N) is 1. The summed E-state index contributed by atoms with van der Waals surface area (Å²) in [6, 6.07) is 0. The molecule has 0 aliphatic carbocycles. The van der Waals surface area contributed by atoms with Crippen molar-refractivity contribution in [3.05, 3.63) is 0 Å². The SMILES string of the molecule is CCN(C)CCCCCCNCC(C)C. The van der Waals surface area contributed by atoms with E-state index in [0.717, 1.165) is 5.92 Å². The van der Waals surface area contributed by atoms with Crippen LogP contribution in [0.25, 0.3) is 0 Å². The lowest BCUT2D eigenvalue weighted by molar-refractivity contribution is 0.340. The van der Waals surface area contributed by atoms with Crippen LogP contribution >= 0.6 is 0 Å². The van der Waals surface area contributed by atoms with E-state index in [1.807, 2.05) is 0 Å². The van der Waals surface area contributed by atoms with Gasteiger partial charge >= 0.3 is 0 Å². The van der Waals surface area contributed by atoms with Crippen LogP contribution in [0.3, 0.4) is 0 Å². The summed E-state index contributed by atoms with van der Waals surface area (Å²) in [5, 5.41) is 3.49. The van der Waals surface area contributed by atoms with Crippen LogP contribution in [0.5, 0.6) is 0 Å². The van der Waals surface area contributed by atoms with Crippen molar-refractivity contribution in [2.45, 2.75) is 46.5 Å². The molecule has 0 spiro atoms. The summed E-state index contributed by atoms with van der Waals surface area (Å²) in [6.07, 6.45) is 5.45. The zero-order valence-electron chi connectivity index (χ0n) is 11.2. The number of rotatable bonds is 10. The van der Waals surface area contributed by atoms with Crippen molar-refractivity contribution >= 4 is 0 Å². The van der Waals surface area contributed by atoms with E-state index < -0.39 is 0 Å². The van der Waals surface area contributed by atoms with Gasteiger partial charge in [0, 0.05) is 0 Å². The third-order valence-electron chi connectivity index (χ3n) is 2.74. The van der Waals surface area contributed by atoms with E-state index >= 15 is 0 Å². The second-order valence-electron chi connectivity index (χ2n) is 4.91. The standard InChI is InChI=1S/C13H30N2/c1-5-15(4)11-9-7-6-8-10-14-12-13(2)3/h13-14H,5-12H2,1-4H3. The second-order valence-corrected chi connectivity index (χ2v) is 4.91. The average Bonchev–Trinajstić information content (AvgIpc) is 2.21. The molecule has 0 heterocycles. The largest absolute Gasteiger partial charge is 0.316 e. The van der Waals surface area contributed by atoms with Crippen molar-refractivity contribution in [2.75, 3.05) is 33.2 Å². The Morgan fingerprint density at radius 2 is 1.73 bits per heavy atom. The Balaban J connectivity index is 2.99. The molecular weight excluding hydrogens is 184 g/mol. The van der Waals surface area contributed by atoms with E-state index in [2.05, 4.69) is 38.0 Å². The molecule has 0 fully saturated rings. The Kier molecular flexibility index (Phi) is 10.4. The molecule has 2 heteroatoms. The number of nitrogens with zero attached hydrogens (tertiary/aromatic N) is 1. The molecule has 2 nitrogen and oxygen atoms in total. The van der Waals surface area contributed by atoms with Crippen molar-refractivity contribution in [2.24, 2.45) is 5.92 Å². The molecule has 0 atom stereocenters. The molecule has 1 N–H and O–H groups in total. The highest BCUT2D eigenvalue weighted by Crippen LogP contribution is 2.00. The average molecular weight is 214 g/mol. The Morgan fingerprint density at radius 1 is 1.07 bits per heavy atom. The van der Waals surface area contributed by atoms with E-state index in [1.54, 1.807) is 0 Å². The number of hydrogen-bond acceptors (Lipinski definition) is 2. The minimum Gasteiger partial charge on any atom is -0.316 e. The van der Waals surface area contributed by atoms with Gasteiger partial charge in [-0.05, 0) is 52.0 Å². The fourth-order valence-electron chi connectivity index (χ4n) is 1.53. The molecule has 0 aliphatic rings. The predicted octanol–water partition coefficient (Wildman–Crippen LogP) is 2.74. The summed E-state index contributed by atoms with van der Waals surface area (Å²) in [7, 11) is 2.20. The minimum absolute atomic E-state index is 0.781. The van der Waals surface area contributed by atoms with Crippen molar-refractivity contribution in [1.82, 2.24) is 10.2 Å². The lowest BCUT2D eigenvalue weighted by Gasteiger charge is -2.13. The quantitative estimate of drug-likeness (QED) is 0.563. The van der Waals surface area contributed by atoms with Crippen LogP contribution in [-0.4, -0.2) is 38.1 Å². The first-order valence-electron chi connectivity index (χ1n) is 6.56. The highest BCUT2D eigenvalue weighted by atomic mass is 15.1. The summed E-state index contributed by atoms with van der Waals surface area (Å²) in [4.78, 5) is 2.39. The van der Waals surface area contributed by atoms with Gasteiger partial charge in [-0.1, -0.05) is 33.6 Å². The Labute approximate surface area is 96.4 Å². The van der Waals surface area contributed by atoms with E-state index in [9.17, 15) is 0 Å². The summed E-state index contributed by atoms with van der Waals surface area (Å²) in [5.74, 6) is 0.781. The van der Waals surface area contributed by atoms with Gasteiger partial charge in [-0.3, -0.25) is 0 Å². The summed E-state index contributed by atoms with van der Waals surface area (Å²) in [5.41, 5.74) is 0. The second kappa shape index (κ2) is 10.4. The van der Waals surface area contributed by atoms with Crippen molar-refractivity contribution < 1.29 is 0 Å². The van der Waals surface area contributed by atoms with E-state index in [-0.39, 0.29) is 0 Å². The molecule has 0 aromatic rings. The number of unbranched alkanes of at least 4 members (excludes halogenated alkanes) is 3. The molecular formula is C13H30N2. The lowest BCUT2D eigenvalue weighted by Crippen LogP contribution is -2.21. The summed E-state index contributed by atoms with van der Waals surface area (Å²) < 4.78 is 0. The molecule has 92 valence electrons. The van der Waals surface area contributed by atoms with Crippen molar-refractivity contribution in [3.63, 3.8) is 0 Å². The molecule has 0 saturated heterocycles. The monoisotopic (exact) mass is 214 g/mol. The third-order valence-corrected chi connectivity index (χ3v) is 2.74. The summed E-state index contributed by atoms with van der Waals surface area (Å²) >= 11 is 0. The molecule has 0 radical (unpaired) electrons. The first kappa shape index (κ1) is 14.9. The van der Waals surface area contributed by atoms with Crippen molar-refractivity contribution in [1.29, 1.82) is 0 Å². The van der Waals surface area contributed by atoms with Crippen LogP contribution in [0.1, 0.15) is 46.5 Å². The third kappa shape index (κ3) is 11.8. The molecule has 0 amide bonds. The normalized spacial score (nSPS) is 11.6. The van der Waals surface area contributed by atoms with Gasteiger partial charge in [0.2, 0.25) is 0 Å². The van der Waals surface area contributed by atoms with Crippen LogP contribution in [0, 0.1) is 5.92 Å². The van der Waals surface area contributed by atoms with Gasteiger partial charge in [0.05, 0.1) is 0 Å². The zero-order valence-corrected chi connectivity index (χ0v) is 11.2. The maximum absolute atomic E-state index is 3.49. The fourth-order valence-corrected chi connectivity index (χ4v) is 1.53. The Bertz CT molecular complexity index is 124. The maximum atomic E-state index is 3.49. The van der Waals surface area contributed by atoms with Gasteiger partial charge in [-0.25, -0.2) is 0 Å². The van der Waals surface area contributed by atoms with Crippen LogP contribution < -0.4 is 5.32 Å². The molecule has 0 unspecified atom stereocenters. The topological polar surface area (TPSA) is 15.3 Å². The highest BCUT2D eigenvalue weighted by molar-refractivity contribution is 4.53. The highest BCUT2D eigenvalue weighted by Gasteiger charge is 1.95. The van der Waals surface area contributed by atoms with Crippen molar-refractivity contribution in [3.8, 4) is 0 Å². The van der Waals surface area contributed by atoms with Crippen LogP contribution in [0.4, 0.5) is 0 Å². The predicted molar refractivity (Wildman–Crippen MR) is 69.3 cm³/mol. The first-order valence-corrected chi connectivity index (χ1v) is 6.56. The number of hydrogen-bond donors (Lipinski definition) is 1. The molecule has 0 aromatic carbocycles. The van der Waals surface area contributed by atoms with Gasteiger partial charge < -0.3 is 10.2 Å². The fraction of sp³-hybridized carbons (Fsp3) is 1.00. The van der Waals surface area contributed by atoms with Crippen LogP contribution in [0.2, 0.25) is 0 Å². The molecule has 0 saturated carbocycles. The first-order chi connectivity index (χ1) is 7.16. The van der Waals surface area contributed by atoms with Gasteiger partial charge in [0.15, 0.2) is 0 Å². The van der Waals surface area contributed by atoms with Gasteiger partial charge in [0.1, 0.15) is 0 Å². The Morgan fingerprint density at radius 3 is 2.33 bits per heavy atom. The molecule has 15 heavy (non-hydrogen) atoms. The Hall–Kier alpha value is -0.0800. The zero-order chi connectivity index (χ0) is 11.5. The minimum atomic E-state index is 0.781. The molecule has 0 bridgehead atoms. The van der Waals surface area contributed by atoms with E-state index in [0.29, 0.717) is 0 Å². The van der Waals surface area contributed by atoms with Crippen LogP contribution in [-0.2, 0) is 0 Å². The smallest absolute Gasteiger partial charge is 0.00219 e. The van der Waals surface area contributed by atoms with Gasteiger partial charge in [-0.15, -0.1) is 0 Å². The summed E-state index contributed by atoms with van der Waals surface area (Å²) in [6.45, 7) is 11.5. The molecule has 0 rings (SSSR count). The molecule has 0 aliphatic heterocycles. The maximum Gasteiger partial charge on any atom is -0.00219 e. The van der Waals surface area contributed by atoms with E-state index in [4.69, 9.17) is 0 Å². The van der Waals surface area contributed by atoms with Crippen LogP contribution in [0.15, 0.2) is 0 Å². The van der Waals surface area contributed by atoms with Gasteiger partial charge in [-0.2, -0.15) is 0 Å². The lowest BCUT2D eigenvalue weighted by atomic mass is 10.2. The molecule has 0 aromatic heterocycles. The van der Waals surface area contributed by atoms with E-state index in [1.165, 1.54) is 51.9 Å².